The maximum absolute atomic E-state index is 13.3. The Morgan fingerprint density at radius 1 is 1.02 bits per heavy atom. The second-order valence-electron chi connectivity index (χ2n) is 11.6. The molecule has 0 bridgehead atoms. The van der Waals surface area contributed by atoms with Crippen molar-refractivity contribution in [2.45, 2.75) is 64.0 Å². The highest BCUT2D eigenvalue weighted by molar-refractivity contribution is 7.91. The van der Waals surface area contributed by atoms with Gasteiger partial charge in [-0.05, 0) is 71.9 Å². The van der Waals surface area contributed by atoms with E-state index in [4.69, 9.17) is 27.9 Å². The summed E-state index contributed by atoms with van der Waals surface area (Å²) in [5, 5.41) is 10.6. The van der Waals surface area contributed by atoms with Crippen molar-refractivity contribution in [2.75, 3.05) is 12.8 Å². The van der Waals surface area contributed by atoms with Gasteiger partial charge in [0.1, 0.15) is 10.5 Å². The SMILES string of the molecule is CC(C)(C)NC(=O)c1nn(-c2ccc(C#CCCNC(=O)OC(C)(C)C)cc2Cl)c(-c2ccc(Cl)cc2)c1S(C)(=O)=O. The van der Waals surface area contributed by atoms with Gasteiger partial charge < -0.3 is 15.4 Å². The Morgan fingerprint density at radius 3 is 2.21 bits per heavy atom. The van der Waals surface area contributed by atoms with Crippen molar-refractivity contribution in [1.82, 2.24) is 20.4 Å². The van der Waals surface area contributed by atoms with Crippen LogP contribution in [-0.2, 0) is 14.6 Å². The molecule has 0 radical (unpaired) electrons. The van der Waals surface area contributed by atoms with Crippen molar-refractivity contribution in [2.24, 2.45) is 0 Å². The molecule has 0 aliphatic heterocycles. The lowest BCUT2D eigenvalue weighted by molar-refractivity contribution is 0.0529. The molecule has 42 heavy (non-hydrogen) atoms. The molecule has 2 amide bonds. The minimum Gasteiger partial charge on any atom is -0.444 e. The number of alkyl carbamates (subject to hydrolysis) is 1. The Labute approximate surface area is 256 Å². The zero-order valence-corrected chi connectivity index (χ0v) is 26.9. The molecule has 0 aliphatic carbocycles. The second-order valence-corrected chi connectivity index (χ2v) is 14.4. The number of carbonyl (C=O) groups is 2. The predicted molar refractivity (Wildman–Crippen MR) is 165 cm³/mol. The highest BCUT2D eigenvalue weighted by atomic mass is 35.5. The van der Waals surface area contributed by atoms with Crippen LogP contribution in [0.4, 0.5) is 4.79 Å². The maximum atomic E-state index is 13.3. The van der Waals surface area contributed by atoms with Gasteiger partial charge >= 0.3 is 6.09 Å². The number of aromatic nitrogens is 2. The number of carbonyl (C=O) groups excluding carboxylic acids is 2. The number of rotatable bonds is 6. The number of ether oxygens (including phenoxy) is 1. The second kappa shape index (κ2) is 12.8. The molecule has 12 heteroatoms. The van der Waals surface area contributed by atoms with Crippen LogP contribution in [0.25, 0.3) is 16.9 Å². The fourth-order valence-electron chi connectivity index (χ4n) is 3.80. The van der Waals surface area contributed by atoms with Crippen LogP contribution >= 0.6 is 23.2 Å². The van der Waals surface area contributed by atoms with E-state index in [2.05, 4.69) is 27.6 Å². The van der Waals surface area contributed by atoms with E-state index in [-0.39, 0.29) is 21.3 Å². The number of nitrogens with one attached hydrogen (secondary N) is 2. The molecule has 0 aliphatic rings. The van der Waals surface area contributed by atoms with Crippen LogP contribution < -0.4 is 10.6 Å². The molecule has 1 heterocycles. The number of hydrogen-bond donors (Lipinski definition) is 2. The zero-order valence-electron chi connectivity index (χ0n) is 24.6. The topological polar surface area (TPSA) is 119 Å². The molecule has 3 rings (SSSR count). The van der Waals surface area contributed by atoms with Crippen LogP contribution in [0.5, 0.6) is 0 Å². The maximum Gasteiger partial charge on any atom is 0.407 e. The molecule has 0 spiro atoms. The van der Waals surface area contributed by atoms with Crippen LogP contribution in [0.3, 0.4) is 0 Å². The minimum absolute atomic E-state index is 0.169. The van der Waals surface area contributed by atoms with Crippen molar-refractivity contribution in [3.05, 3.63) is 63.8 Å². The molecule has 0 unspecified atom stereocenters. The van der Waals surface area contributed by atoms with Crippen molar-refractivity contribution >= 4 is 45.0 Å². The molecular formula is C30H34Cl2N4O5S. The number of hydrogen-bond acceptors (Lipinski definition) is 6. The lowest BCUT2D eigenvalue weighted by Crippen LogP contribution is -2.41. The summed E-state index contributed by atoms with van der Waals surface area (Å²) in [7, 11) is -3.95. The standard InChI is InChI=1S/C30H34Cl2N4O5S/c1-29(2,3)34-27(37)24-26(42(7,39)40)25(20-12-14-21(31)15-13-20)36(35-24)23-16-11-19(18-22(23)32)10-8-9-17-33-28(38)41-30(4,5)6/h11-16,18H,9,17H2,1-7H3,(H,33,38)(H,34,37). The number of nitrogens with zero attached hydrogens (tertiary/aromatic N) is 2. The lowest BCUT2D eigenvalue weighted by Gasteiger charge is -2.19. The monoisotopic (exact) mass is 632 g/mol. The highest BCUT2D eigenvalue weighted by Crippen LogP contribution is 2.35. The van der Waals surface area contributed by atoms with E-state index in [1.54, 1.807) is 84.0 Å². The van der Waals surface area contributed by atoms with E-state index in [1.807, 2.05) is 0 Å². The van der Waals surface area contributed by atoms with E-state index in [0.29, 0.717) is 34.8 Å². The van der Waals surface area contributed by atoms with E-state index in [9.17, 15) is 18.0 Å². The number of benzene rings is 2. The summed E-state index contributed by atoms with van der Waals surface area (Å²) < 4.78 is 32.8. The average molecular weight is 634 g/mol. The van der Waals surface area contributed by atoms with Gasteiger partial charge in [-0.1, -0.05) is 47.2 Å². The summed E-state index contributed by atoms with van der Waals surface area (Å²) in [6.45, 7) is 11.0. The smallest absolute Gasteiger partial charge is 0.407 e. The van der Waals surface area contributed by atoms with Gasteiger partial charge in [-0.3, -0.25) is 4.79 Å². The average Bonchev–Trinajstić information content (AvgIpc) is 3.23. The molecule has 2 aromatic carbocycles. The summed E-state index contributed by atoms with van der Waals surface area (Å²) in [4.78, 5) is 24.8. The van der Waals surface area contributed by atoms with E-state index < -0.39 is 33.0 Å². The van der Waals surface area contributed by atoms with Crippen LogP contribution in [0, 0.1) is 11.8 Å². The molecule has 0 saturated carbocycles. The first kappa shape index (κ1) is 33.0. The van der Waals surface area contributed by atoms with Gasteiger partial charge in [-0.25, -0.2) is 17.9 Å². The summed E-state index contributed by atoms with van der Waals surface area (Å²) in [6, 6.07) is 11.5. The van der Waals surface area contributed by atoms with Crippen LogP contribution in [0.1, 0.15) is 64.0 Å². The van der Waals surface area contributed by atoms with Gasteiger partial charge in [0.25, 0.3) is 5.91 Å². The van der Waals surface area contributed by atoms with Crippen molar-refractivity contribution in [3.63, 3.8) is 0 Å². The largest absolute Gasteiger partial charge is 0.444 e. The Hall–Kier alpha value is -3.52. The lowest BCUT2D eigenvalue weighted by atomic mass is 10.1. The fraction of sp³-hybridized carbons (Fsp3) is 0.367. The molecule has 224 valence electrons. The normalized spacial score (nSPS) is 11.8. The minimum atomic E-state index is -3.95. The number of amides is 2. The molecule has 3 aromatic rings. The first-order chi connectivity index (χ1) is 19.4. The highest BCUT2D eigenvalue weighted by Gasteiger charge is 2.33. The third kappa shape index (κ3) is 8.99. The summed E-state index contributed by atoms with van der Waals surface area (Å²) in [5.74, 6) is 5.32. The molecule has 2 N–H and O–H groups in total. The Morgan fingerprint density at radius 2 is 1.67 bits per heavy atom. The molecule has 9 nitrogen and oxygen atoms in total. The van der Waals surface area contributed by atoms with Crippen LogP contribution in [-0.4, -0.2) is 54.1 Å². The number of sulfone groups is 1. The van der Waals surface area contributed by atoms with Gasteiger partial charge in [0.15, 0.2) is 15.5 Å². The van der Waals surface area contributed by atoms with Gasteiger partial charge in [-0.2, -0.15) is 5.10 Å². The first-order valence-corrected chi connectivity index (χ1v) is 15.7. The Balaban J connectivity index is 2.03. The van der Waals surface area contributed by atoms with Gasteiger partial charge in [0, 0.05) is 40.9 Å². The third-order valence-corrected chi connectivity index (χ3v) is 7.04. The zero-order chi connectivity index (χ0) is 31.5. The first-order valence-electron chi connectivity index (χ1n) is 13.0. The van der Waals surface area contributed by atoms with Crippen molar-refractivity contribution in [3.8, 4) is 28.8 Å². The third-order valence-electron chi connectivity index (χ3n) is 5.36. The van der Waals surface area contributed by atoms with E-state index in [1.165, 1.54) is 4.68 Å². The Kier molecular flexibility index (Phi) is 10.0. The predicted octanol–water partition coefficient (Wildman–Crippen LogP) is 6.04. The summed E-state index contributed by atoms with van der Waals surface area (Å²) in [6.07, 6.45) is 0.888. The van der Waals surface area contributed by atoms with Crippen LogP contribution in [0.2, 0.25) is 10.0 Å². The number of halogens is 2. The molecule has 0 fully saturated rings. The fourth-order valence-corrected chi connectivity index (χ4v) is 5.23. The molecule has 0 atom stereocenters. The molecular weight excluding hydrogens is 599 g/mol. The summed E-state index contributed by atoms with van der Waals surface area (Å²) >= 11 is 12.8. The quantitative estimate of drug-likeness (QED) is 0.252. The van der Waals surface area contributed by atoms with Gasteiger partial charge in [0.05, 0.1) is 16.4 Å². The van der Waals surface area contributed by atoms with Gasteiger partial charge in [-0.15, -0.1) is 0 Å². The molecule has 1 aromatic heterocycles. The summed E-state index contributed by atoms with van der Waals surface area (Å²) in [5.41, 5.74) is 0.0941. The van der Waals surface area contributed by atoms with Gasteiger partial charge in [0.2, 0.25) is 0 Å². The molecule has 0 saturated heterocycles. The van der Waals surface area contributed by atoms with Crippen molar-refractivity contribution < 1.29 is 22.7 Å². The van der Waals surface area contributed by atoms with Crippen LogP contribution in [0.15, 0.2) is 47.4 Å². The van der Waals surface area contributed by atoms with Crippen molar-refractivity contribution in [1.29, 1.82) is 0 Å². The Bertz CT molecular complexity index is 1660. The van der Waals surface area contributed by atoms with E-state index >= 15 is 0 Å². The van der Waals surface area contributed by atoms with E-state index in [0.717, 1.165) is 6.26 Å².